The van der Waals surface area contributed by atoms with Crippen molar-refractivity contribution < 1.29 is 4.39 Å². The molecule has 0 saturated heterocycles. The first-order valence-electron chi connectivity index (χ1n) is 6.61. The average molecular weight is 320 g/mol. The molecule has 0 spiro atoms. The van der Waals surface area contributed by atoms with E-state index in [4.69, 9.17) is 18.0 Å². The first-order chi connectivity index (χ1) is 10.0. The second-order valence-corrected chi connectivity index (χ2v) is 6.31. The molecule has 0 amide bonds. The van der Waals surface area contributed by atoms with E-state index < -0.39 is 0 Å². The maximum absolute atomic E-state index is 13.2. The molecule has 2 nitrogen and oxygen atoms in total. The van der Waals surface area contributed by atoms with Crippen molar-refractivity contribution in [1.29, 1.82) is 0 Å². The first-order valence-corrected chi connectivity index (χ1v) is 8.01. The molecule has 2 aromatic carbocycles. The molecule has 21 heavy (non-hydrogen) atoms. The number of hydrogen-bond acceptors (Lipinski definition) is 3. The van der Waals surface area contributed by atoms with Gasteiger partial charge in [-0.3, -0.25) is 0 Å². The van der Waals surface area contributed by atoms with Crippen LogP contribution in [0.2, 0.25) is 0 Å². The van der Waals surface area contributed by atoms with Gasteiger partial charge in [0, 0.05) is 21.8 Å². The second-order valence-electron chi connectivity index (χ2n) is 4.56. The summed E-state index contributed by atoms with van der Waals surface area (Å²) in [4.78, 5) is 1.41. The number of anilines is 2. The lowest BCUT2D eigenvalue weighted by atomic mass is 10.1. The van der Waals surface area contributed by atoms with E-state index in [0.29, 0.717) is 4.99 Å². The van der Waals surface area contributed by atoms with Crippen molar-refractivity contribution in [3.05, 3.63) is 53.3 Å². The topological polar surface area (TPSA) is 38.0 Å². The van der Waals surface area contributed by atoms with E-state index in [1.54, 1.807) is 17.8 Å². The lowest BCUT2D eigenvalue weighted by molar-refractivity contribution is 0.627. The Hall–Kier alpha value is -1.59. The summed E-state index contributed by atoms with van der Waals surface area (Å²) in [6.07, 6.45) is 0. The van der Waals surface area contributed by atoms with Crippen LogP contribution in [0.15, 0.2) is 41.3 Å². The molecule has 3 N–H and O–H groups in total. The molecule has 0 aliphatic carbocycles. The van der Waals surface area contributed by atoms with Gasteiger partial charge in [-0.2, -0.15) is 0 Å². The third kappa shape index (κ3) is 3.74. The molecule has 0 atom stereocenters. The molecule has 0 aliphatic rings. The molecule has 0 fully saturated rings. The summed E-state index contributed by atoms with van der Waals surface area (Å²) >= 11 is 6.88. The third-order valence-electron chi connectivity index (χ3n) is 3.03. The smallest absolute Gasteiger partial charge is 0.123 e. The summed E-state index contributed by atoms with van der Waals surface area (Å²) in [5.74, 6) is 0.692. The molecular weight excluding hydrogens is 303 g/mol. The Balaban J connectivity index is 2.43. The standard InChI is InChI=1S/C16H17FN2S2/c1-3-21-14-6-4-5-13(15(14)16(18)20)19-12-8-7-11(17)9-10(12)2/h4-9,19H,3H2,1-2H3,(H2,18,20). The maximum atomic E-state index is 13.2. The fourth-order valence-electron chi connectivity index (χ4n) is 2.08. The Morgan fingerprint density at radius 3 is 2.67 bits per heavy atom. The second kappa shape index (κ2) is 6.91. The minimum absolute atomic E-state index is 0.247. The van der Waals surface area contributed by atoms with Crippen LogP contribution >= 0.6 is 24.0 Å². The van der Waals surface area contributed by atoms with E-state index in [2.05, 4.69) is 12.2 Å². The van der Waals surface area contributed by atoms with Crippen LogP contribution < -0.4 is 11.1 Å². The van der Waals surface area contributed by atoms with Crippen LogP contribution in [-0.4, -0.2) is 10.7 Å². The van der Waals surface area contributed by atoms with Crippen molar-refractivity contribution in [1.82, 2.24) is 0 Å². The SMILES string of the molecule is CCSc1cccc(Nc2ccc(F)cc2C)c1C(N)=S. The van der Waals surface area contributed by atoms with Crippen molar-refractivity contribution in [2.45, 2.75) is 18.7 Å². The quantitative estimate of drug-likeness (QED) is 0.622. The molecule has 110 valence electrons. The van der Waals surface area contributed by atoms with Gasteiger partial charge >= 0.3 is 0 Å². The zero-order valence-corrected chi connectivity index (χ0v) is 13.6. The zero-order valence-electron chi connectivity index (χ0n) is 11.9. The molecule has 5 heteroatoms. The number of thiocarbonyl (C=S) groups is 1. The molecule has 0 unspecified atom stereocenters. The molecule has 0 radical (unpaired) electrons. The van der Waals surface area contributed by atoms with Gasteiger partial charge in [-0.15, -0.1) is 11.8 Å². The zero-order chi connectivity index (χ0) is 15.4. The van der Waals surface area contributed by atoms with Gasteiger partial charge in [0.2, 0.25) is 0 Å². The number of thioether (sulfide) groups is 1. The predicted octanol–water partition coefficient (Wildman–Crippen LogP) is 4.62. The van der Waals surface area contributed by atoms with Crippen LogP contribution in [0.5, 0.6) is 0 Å². The molecule has 0 aliphatic heterocycles. The van der Waals surface area contributed by atoms with Crippen LogP contribution in [0.4, 0.5) is 15.8 Å². The van der Waals surface area contributed by atoms with Gasteiger partial charge in [0.05, 0.1) is 0 Å². The lowest BCUT2D eigenvalue weighted by Crippen LogP contribution is -2.13. The van der Waals surface area contributed by atoms with E-state index in [0.717, 1.165) is 33.2 Å². The highest BCUT2D eigenvalue weighted by molar-refractivity contribution is 7.99. The maximum Gasteiger partial charge on any atom is 0.123 e. The first kappa shape index (κ1) is 15.8. The van der Waals surface area contributed by atoms with Crippen LogP contribution in [0.1, 0.15) is 18.1 Å². The summed E-state index contributed by atoms with van der Waals surface area (Å²) in [7, 11) is 0. The van der Waals surface area contributed by atoms with Gasteiger partial charge in [0.1, 0.15) is 10.8 Å². The number of nitrogens with one attached hydrogen (secondary N) is 1. The number of halogens is 1. The Morgan fingerprint density at radius 1 is 1.29 bits per heavy atom. The molecule has 0 heterocycles. The van der Waals surface area contributed by atoms with Crippen LogP contribution in [0.3, 0.4) is 0 Å². The van der Waals surface area contributed by atoms with Gasteiger partial charge in [-0.05, 0) is 48.6 Å². The summed E-state index contributed by atoms with van der Waals surface area (Å²) in [5.41, 5.74) is 9.23. The minimum Gasteiger partial charge on any atom is -0.389 e. The van der Waals surface area contributed by atoms with Gasteiger partial charge in [-0.25, -0.2) is 4.39 Å². The normalized spacial score (nSPS) is 10.4. The highest BCUT2D eigenvalue weighted by Crippen LogP contribution is 2.31. The van der Waals surface area contributed by atoms with Crippen LogP contribution in [0.25, 0.3) is 0 Å². The summed E-state index contributed by atoms with van der Waals surface area (Å²) in [5, 5.41) is 3.30. The van der Waals surface area contributed by atoms with E-state index in [9.17, 15) is 4.39 Å². The van der Waals surface area contributed by atoms with Gasteiger partial charge in [0.15, 0.2) is 0 Å². The highest BCUT2D eigenvalue weighted by Gasteiger charge is 2.12. The average Bonchev–Trinajstić information content (AvgIpc) is 2.42. The van der Waals surface area contributed by atoms with E-state index >= 15 is 0 Å². The summed E-state index contributed by atoms with van der Waals surface area (Å²) in [6, 6.07) is 10.5. The fraction of sp³-hybridized carbons (Fsp3) is 0.188. The monoisotopic (exact) mass is 320 g/mol. The molecule has 0 saturated carbocycles. The summed E-state index contributed by atoms with van der Waals surface area (Å²) < 4.78 is 13.2. The Kier molecular flexibility index (Phi) is 5.20. The van der Waals surface area contributed by atoms with E-state index in [1.165, 1.54) is 12.1 Å². The number of nitrogens with two attached hydrogens (primary N) is 1. The Bertz CT molecular complexity index is 671. The van der Waals surface area contributed by atoms with E-state index in [-0.39, 0.29) is 5.82 Å². The molecule has 0 bridgehead atoms. The van der Waals surface area contributed by atoms with Crippen molar-refractivity contribution in [2.75, 3.05) is 11.1 Å². The lowest BCUT2D eigenvalue weighted by Gasteiger charge is -2.16. The number of benzene rings is 2. The van der Waals surface area contributed by atoms with Crippen molar-refractivity contribution >= 4 is 40.3 Å². The fourth-order valence-corrected chi connectivity index (χ4v) is 3.21. The van der Waals surface area contributed by atoms with Crippen molar-refractivity contribution in [2.24, 2.45) is 5.73 Å². The van der Waals surface area contributed by atoms with Gasteiger partial charge in [0.25, 0.3) is 0 Å². The number of aryl methyl sites for hydroxylation is 1. The van der Waals surface area contributed by atoms with Crippen LogP contribution in [-0.2, 0) is 0 Å². The largest absolute Gasteiger partial charge is 0.389 e. The summed E-state index contributed by atoms with van der Waals surface area (Å²) in [6.45, 7) is 3.94. The Labute approximate surface area is 133 Å². The van der Waals surface area contributed by atoms with Crippen LogP contribution in [0, 0.1) is 12.7 Å². The highest BCUT2D eigenvalue weighted by atomic mass is 32.2. The predicted molar refractivity (Wildman–Crippen MR) is 93.1 cm³/mol. The molecule has 2 aromatic rings. The Morgan fingerprint density at radius 2 is 2.05 bits per heavy atom. The van der Waals surface area contributed by atoms with E-state index in [1.807, 2.05) is 25.1 Å². The van der Waals surface area contributed by atoms with Gasteiger partial charge in [-0.1, -0.05) is 25.2 Å². The minimum atomic E-state index is -0.247. The number of hydrogen-bond donors (Lipinski definition) is 2. The molecule has 0 aromatic heterocycles. The third-order valence-corrected chi connectivity index (χ3v) is 4.17. The van der Waals surface area contributed by atoms with Gasteiger partial charge < -0.3 is 11.1 Å². The van der Waals surface area contributed by atoms with Crippen molar-refractivity contribution in [3.63, 3.8) is 0 Å². The van der Waals surface area contributed by atoms with Crippen molar-refractivity contribution in [3.8, 4) is 0 Å². The number of rotatable bonds is 5. The molecular formula is C16H17FN2S2. The molecule has 2 rings (SSSR count).